The van der Waals surface area contributed by atoms with Gasteiger partial charge in [-0.1, -0.05) is 5.75 Å². The van der Waals surface area contributed by atoms with Gasteiger partial charge in [-0.25, -0.2) is 4.79 Å². The molecule has 0 bridgehead atoms. The molecule has 10 heteroatoms. The SMILES string of the molecule is O=C(CN1C(=O)S/C(=C\c2ccco2)C1=O)Nc1ccc(C(=O)O)c([O-])c1. The number of carboxylic acid groups (broad SMARTS) is 1. The van der Waals surface area contributed by atoms with Crippen LogP contribution in [0, 0.1) is 0 Å². The summed E-state index contributed by atoms with van der Waals surface area (Å²) in [6.07, 6.45) is 2.82. The quantitative estimate of drug-likeness (QED) is 0.739. The molecule has 3 amide bonds. The van der Waals surface area contributed by atoms with Gasteiger partial charge in [0, 0.05) is 11.8 Å². The number of nitrogens with zero attached hydrogens (tertiary/aromatic N) is 1. The van der Waals surface area contributed by atoms with Crippen molar-refractivity contribution in [3.63, 3.8) is 0 Å². The van der Waals surface area contributed by atoms with Gasteiger partial charge >= 0.3 is 5.97 Å². The van der Waals surface area contributed by atoms with E-state index in [-0.39, 0.29) is 10.6 Å². The van der Waals surface area contributed by atoms with Crippen molar-refractivity contribution in [3.8, 4) is 5.75 Å². The normalized spacial score (nSPS) is 15.4. The van der Waals surface area contributed by atoms with E-state index in [2.05, 4.69) is 5.32 Å². The Morgan fingerprint density at radius 2 is 2.07 bits per heavy atom. The molecule has 0 aliphatic carbocycles. The number of amides is 3. The minimum atomic E-state index is -1.38. The molecule has 0 unspecified atom stereocenters. The fourth-order valence-corrected chi connectivity index (χ4v) is 3.08. The van der Waals surface area contributed by atoms with Gasteiger partial charge in [-0.2, -0.15) is 0 Å². The number of thioether (sulfide) groups is 1. The van der Waals surface area contributed by atoms with E-state index in [1.165, 1.54) is 18.4 Å². The first-order chi connectivity index (χ1) is 12.8. The van der Waals surface area contributed by atoms with Crippen LogP contribution in [0.15, 0.2) is 45.9 Å². The number of anilines is 1. The largest absolute Gasteiger partial charge is 0.872 e. The zero-order valence-corrected chi connectivity index (χ0v) is 14.3. The minimum absolute atomic E-state index is 0.0631. The Bertz CT molecular complexity index is 966. The van der Waals surface area contributed by atoms with Crippen LogP contribution >= 0.6 is 11.8 Å². The summed E-state index contributed by atoms with van der Waals surface area (Å²) in [5, 5.41) is 22.2. The number of carboxylic acids is 1. The molecule has 138 valence electrons. The number of aromatic carboxylic acids is 1. The number of nitrogens with one attached hydrogen (secondary N) is 1. The second-order valence-corrected chi connectivity index (χ2v) is 6.34. The van der Waals surface area contributed by atoms with Crippen molar-refractivity contribution >= 4 is 46.5 Å². The average molecular weight is 387 g/mol. The Morgan fingerprint density at radius 1 is 1.30 bits per heavy atom. The maximum Gasteiger partial charge on any atom is 0.335 e. The van der Waals surface area contributed by atoms with E-state index < -0.39 is 40.9 Å². The van der Waals surface area contributed by atoms with Gasteiger partial charge in [0.15, 0.2) is 0 Å². The molecule has 1 fully saturated rings. The molecule has 1 aromatic carbocycles. The highest BCUT2D eigenvalue weighted by atomic mass is 32.2. The predicted octanol–water partition coefficient (Wildman–Crippen LogP) is 1.73. The summed E-state index contributed by atoms with van der Waals surface area (Å²) < 4.78 is 5.09. The maximum absolute atomic E-state index is 12.3. The van der Waals surface area contributed by atoms with Gasteiger partial charge in [-0.05, 0) is 42.1 Å². The highest BCUT2D eigenvalue weighted by Crippen LogP contribution is 2.32. The lowest BCUT2D eigenvalue weighted by Gasteiger charge is -2.15. The lowest BCUT2D eigenvalue weighted by molar-refractivity contribution is -0.268. The molecule has 0 atom stereocenters. The third-order valence-electron chi connectivity index (χ3n) is 3.49. The van der Waals surface area contributed by atoms with E-state index in [0.29, 0.717) is 17.5 Å². The van der Waals surface area contributed by atoms with Crippen LogP contribution in [-0.4, -0.2) is 39.6 Å². The average Bonchev–Trinajstić information content (AvgIpc) is 3.19. The van der Waals surface area contributed by atoms with Crippen LogP contribution in [0.3, 0.4) is 0 Å². The summed E-state index contributed by atoms with van der Waals surface area (Å²) in [4.78, 5) is 48.1. The predicted molar refractivity (Wildman–Crippen MR) is 92.9 cm³/mol. The molecule has 1 aromatic heterocycles. The van der Waals surface area contributed by atoms with Crippen LogP contribution in [0.2, 0.25) is 0 Å². The van der Waals surface area contributed by atoms with E-state index in [4.69, 9.17) is 9.52 Å². The molecule has 9 nitrogen and oxygen atoms in total. The van der Waals surface area contributed by atoms with Gasteiger partial charge in [0.05, 0.1) is 16.7 Å². The van der Waals surface area contributed by atoms with Crippen molar-refractivity contribution in [3.05, 3.63) is 52.8 Å². The lowest BCUT2D eigenvalue weighted by Crippen LogP contribution is -2.36. The van der Waals surface area contributed by atoms with Gasteiger partial charge < -0.3 is 19.9 Å². The van der Waals surface area contributed by atoms with E-state index in [0.717, 1.165) is 17.0 Å². The van der Waals surface area contributed by atoms with Gasteiger partial charge in [-0.3, -0.25) is 19.3 Å². The van der Waals surface area contributed by atoms with E-state index >= 15 is 0 Å². The molecule has 0 radical (unpaired) electrons. The van der Waals surface area contributed by atoms with E-state index in [1.807, 2.05) is 0 Å². The van der Waals surface area contributed by atoms with Crippen LogP contribution < -0.4 is 10.4 Å². The van der Waals surface area contributed by atoms with Crippen LogP contribution in [0.25, 0.3) is 6.08 Å². The smallest absolute Gasteiger partial charge is 0.335 e. The summed E-state index contributed by atoms with van der Waals surface area (Å²) >= 11 is 0.679. The van der Waals surface area contributed by atoms with Crippen molar-refractivity contribution in [1.29, 1.82) is 0 Å². The molecule has 27 heavy (non-hydrogen) atoms. The number of hydrogen-bond acceptors (Lipinski definition) is 7. The maximum atomic E-state index is 12.3. The van der Waals surface area contributed by atoms with Crippen LogP contribution in [0.4, 0.5) is 10.5 Å². The first kappa shape index (κ1) is 18.3. The Kier molecular flexibility index (Phi) is 4.99. The molecule has 0 spiro atoms. The monoisotopic (exact) mass is 387 g/mol. The van der Waals surface area contributed by atoms with Crippen molar-refractivity contribution in [1.82, 2.24) is 4.90 Å². The fourth-order valence-electron chi connectivity index (χ4n) is 2.26. The summed E-state index contributed by atoms with van der Waals surface area (Å²) in [7, 11) is 0. The fraction of sp³-hybridized carbons (Fsp3) is 0.0588. The number of carbonyl (C=O) groups excluding carboxylic acids is 3. The Balaban J connectivity index is 1.67. The van der Waals surface area contributed by atoms with Gasteiger partial charge in [0.2, 0.25) is 5.91 Å². The summed E-state index contributed by atoms with van der Waals surface area (Å²) in [6, 6.07) is 6.50. The molecular weight excluding hydrogens is 376 g/mol. The number of rotatable bonds is 5. The molecule has 1 aliphatic rings. The topological polar surface area (TPSA) is 140 Å². The van der Waals surface area contributed by atoms with Crippen molar-refractivity contribution in [2.75, 3.05) is 11.9 Å². The van der Waals surface area contributed by atoms with Crippen LogP contribution in [0.5, 0.6) is 5.75 Å². The summed E-state index contributed by atoms with van der Waals surface area (Å²) in [5.74, 6) is -3.10. The first-order valence-electron chi connectivity index (χ1n) is 7.48. The Morgan fingerprint density at radius 3 is 2.70 bits per heavy atom. The summed E-state index contributed by atoms with van der Waals surface area (Å²) in [5.41, 5.74) is -0.366. The molecule has 2 N–H and O–H groups in total. The number of benzene rings is 1. The van der Waals surface area contributed by atoms with Crippen molar-refractivity contribution < 1.29 is 33.8 Å². The summed E-state index contributed by atoms with van der Waals surface area (Å²) in [6.45, 7) is -0.547. The number of carbonyl (C=O) groups is 4. The zero-order chi connectivity index (χ0) is 19.6. The molecule has 0 saturated carbocycles. The molecule has 2 aromatic rings. The van der Waals surface area contributed by atoms with Crippen LogP contribution in [-0.2, 0) is 9.59 Å². The Labute approximate surface area is 156 Å². The molecule has 1 aliphatic heterocycles. The third-order valence-corrected chi connectivity index (χ3v) is 4.40. The van der Waals surface area contributed by atoms with E-state index in [9.17, 15) is 24.3 Å². The van der Waals surface area contributed by atoms with Gasteiger partial charge in [-0.15, -0.1) is 0 Å². The second kappa shape index (κ2) is 7.38. The third kappa shape index (κ3) is 4.01. The number of hydrogen-bond donors (Lipinski definition) is 2. The highest BCUT2D eigenvalue weighted by Gasteiger charge is 2.36. The van der Waals surface area contributed by atoms with Crippen molar-refractivity contribution in [2.24, 2.45) is 0 Å². The Hall–Kier alpha value is -3.53. The highest BCUT2D eigenvalue weighted by molar-refractivity contribution is 8.18. The van der Waals surface area contributed by atoms with Gasteiger partial charge in [0.1, 0.15) is 12.3 Å². The first-order valence-corrected chi connectivity index (χ1v) is 8.30. The van der Waals surface area contributed by atoms with E-state index in [1.54, 1.807) is 12.1 Å². The minimum Gasteiger partial charge on any atom is -0.872 e. The molecular formula is C17H11N2O7S-. The molecule has 3 rings (SSSR count). The standard InChI is InChI=1S/C17H12N2O7S/c20-12-6-9(3-4-11(12)16(23)24)18-14(21)8-19-15(22)13(27-17(19)25)7-10-2-1-5-26-10/h1-7,20H,8H2,(H,18,21)(H,23,24)/p-1/b13-7-. The molecule has 2 heterocycles. The van der Waals surface area contributed by atoms with Gasteiger partial charge in [0.25, 0.3) is 11.1 Å². The number of furan rings is 1. The lowest BCUT2D eigenvalue weighted by atomic mass is 10.2. The molecule has 1 saturated heterocycles. The zero-order valence-electron chi connectivity index (χ0n) is 13.5. The van der Waals surface area contributed by atoms with Crippen molar-refractivity contribution in [2.45, 2.75) is 0 Å². The number of imide groups is 1. The van der Waals surface area contributed by atoms with Crippen LogP contribution in [0.1, 0.15) is 16.1 Å². The second-order valence-electron chi connectivity index (χ2n) is 5.35.